The fourth-order valence-corrected chi connectivity index (χ4v) is 5.70. The van der Waals surface area contributed by atoms with Crippen molar-refractivity contribution in [2.75, 3.05) is 19.8 Å². The summed E-state index contributed by atoms with van der Waals surface area (Å²) in [6.45, 7) is -1.49. The largest absolute Gasteiger partial charge is 0.394 e. The molecule has 0 amide bonds. The lowest BCUT2D eigenvalue weighted by atomic mass is 9.84. The predicted octanol–water partition coefficient (Wildman–Crippen LogP) is -8.86. The van der Waals surface area contributed by atoms with Gasteiger partial charge >= 0.3 is 0 Å². The first kappa shape index (κ1) is 34.1. The summed E-state index contributed by atoms with van der Waals surface area (Å²) in [5, 5.41) is 82.3. The number of hydrogen-bond donors (Lipinski definition) is 13. The molecular weight excluding hydrogens is 570 g/mol. The lowest BCUT2D eigenvalue weighted by Crippen LogP contribution is -2.68. The van der Waals surface area contributed by atoms with Crippen LogP contribution < -0.4 is 28.7 Å². The van der Waals surface area contributed by atoms with Crippen LogP contribution in [0.5, 0.6) is 0 Å². The molecule has 1 aliphatic carbocycles. The lowest BCUT2D eigenvalue weighted by molar-refractivity contribution is -0.310. The van der Waals surface area contributed by atoms with Crippen molar-refractivity contribution in [2.24, 2.45) is 28.7 Å². The Morgan fingerprint density at radius 2 is 1.00 bits per heavy atom. The highest BCUT2D eigenvalue weighted by Crippen LogP contribution is 2.34. The van der Waals surface area contributed by atoms with Crippen LogP contribution in [0.4, 0.5) is 0 Å². The van der Waals surface area contributed by atoms with E-state index in [4.69, 9.17) is 57.1 Å². The molecule has 19 heteroatoms. The zero-order chi connectivity index (χ0) is 31.0. The van der Waals surface area contributed by atoms with E-state index in [-0.39, 0.29) is 13.0 Å². The summed E-state index contributed by atoms with van der Waals surface area (Å²) in [6.07, 6.45) is -20.5. The van der Waals surface area contributed by atoms with Crippen molar-refractivity contribution in [1.29, 1.82) is 0 Å². The third kappa shape index (κ3) is 6.60. The number of aliphatic hydroxyl groups excluding tert-OH is 8. The summed E-state index contributed by atoms with van der Waals surface area (Å²) >= 11 is 0. The van der Waals surface area contributed by atoms with Gasteiger partial charge in [-0.1, -0.05) is 0 Å². The zero-order valence-corrected chi connectivity index (χ0v) is 22.7. The maximum atomic E-state index is 11.1. The molecule has 1 saturated carbocycles. The van der Waals surface area contributed by atoms with Gasteiger partial charge < -0.3 is 97.9 Å². The second kappa shape index (κ2) is 14.1. The Hall–Kier alpha value is -0.760. The Kier molecular flexibility index (Phi) is 11.5. The summed E-state index contributed by atoms with van der Waals surface area (Å²) in [7, 11) is 0. The van der Waals surface area contributed by atoms with E-state index in [2.05, 4.69) is 0 Å². The topological polar surface area (TPSA) is 347 Å². The molecule has 4 aliphatic rings. The molecule has 19 nitrogen and oxygen atoms in total. The predicted molar refractivity (Wildman–Crippen MR) is 136 cm³/mol. The second-order valence-corrected chi connectivity index (χ2v) is 11.2. The Bertz CT molecular complexity index is 866. The van der Waals surface area contributed by atoms with E-state index < -0.39 is 129 Å². The average molecular weight is 616 g/mol. The van der Waals surface area contributed by atoms with Crippen LogP contribution in [0.25, 0.3) is 0 Å². The van der Waals surface area contributed by atoms with Gasteiger partial charge in [0.05, 0.1) is 31.4 Å². The fourth-order valence-electron chi connectivity index (χ4n) is 5.70. The Balaban J connectivity index is 1.50. The van der Waals surface area contributed by atoms with Crippen molar-refractivity contribution >= 4 is 0 Å². The van der Waals surface area contributed by atoms with Gasteiger partial charge in [0.25, 0.3) is 0 Å². The van der Waals surface area contributed by atoms with Crippen LogP contribution in [0.2, 0.25) is 0 Å². The molecule has 4 rings (SSSR count). The lowest BCUT2D eigenvalue weighted by Gasteiger charge is -2.47. The first-order valence-electron chi connectivity index (χ1n) is 13.8. The summed E-state index contributed by atoms with van der Waals surface area (Å²) < 4.78 is 34.4. The molecule has 0 aromatic rings. The van der Waals surface area contributed by atoms with E-state index in [0.29, 0.717) is 0 Å². The minimum Gasteiger partial charge on any atom is -0.394 e. The summed E-state index contributed by atoms with van der Waals surface area (Å²) in [6, 6.07) is -4.30. The highest BCUT2D eigenvalue weighted by Gasteiger charge is 2.54. The van der Waals surface area contributed by atoms with Gasteiger partial charge in [-0.05, 0) is 6.42 Å². The van der Waals surface area contributed by atoms with Gasteiger partial charge in [0.15, 0.2) is 18.9 Å². The van der Waals surface area contributed by atoms with Crippen LogP contribution in [0.3, 0.4) is 0 Å². The molecule has 0 aromatic carbocycles. The monoisotopic (exact) mass is 615 g/mol. The molecule has 1 unspecified atom stereocenters. The van der Waals surface area contributed by atoms with E-state index in [9.17, 15) is 40.9 Å². The molecule has 0 bridgehead atoms. The van der Waals surface area contributed by atoms with Crippen LogP contribution in [-0.4, -0.2) is 177 Å². The number of aliphatic hydroxyl groups is 8. The Morgan fingerprint density at radius 1 is 0.524 bits per heavy atom. The number of ether oxygens (including phenoxy) is 6. The van der Waals surface area contributed by atoms with Crippen molar-refractivity contribution in [2.45, 2.75) is 123 Å². The molecule has 3 saturated heterocycles. The Labute approximate surface area is 240 Å². The van der Waals surface area contributed by atoms with E-state index in [0.717, 1.165) is 0 Å². The van der Waals surface area contributed by atoms with Crippen LogP contribution in [0.15, 0.2) is 0 Å². The second-order valence-electron chi connectivity index (χ2n) is 11.2. The number of hydrogen-bond acceptors (Lipinski definition) is 19. The normalized spacial score (nSPS) is 53.8. The van der Waals surface area contributed by atoms with Gasteiger partial charge in [0.1, 0.15) is 67.1 Å². The van der Waals surface area contributed by atoms with Crippen molar-refractivity contribution in [3.8, 4) is 0 Å². The van der Waals surface area contributed by atoms with Crippen LogP contribution in [0, 0.1) is 0 Å². The average Bonchev–Trinajstić information content (AvgIpc) is 3.27. The van der Waals surface area contributed by atoms with Crippen molar-refractivity contribution in [3.05, 3.63) is 0 Å². The molecule has 42 heavy (non-hydrogen) atoms. The van der Waals surface area contributed by atoms with E-state index in [1.165, 1.54) is 0 Å². The Morgan fingerprint density at radius 3 is 1.55 bits per heavy atom. The van der Waals surface area contributed by atoms with E-state index in [1.54, 1.807) is 0 Å². The van der Waals surface area contributed by atoms with Gasteiger partial charge in [-0.2, -0.15) is 0 Å². The SMILES string of the molecule is NC[C@@H]1O[C@H](O[C@@H]2[C@@H](CO)OC(O[C@@H]3[C@@H](O)[C@H](N)C[C@H](N)[C@H]3O[C@H]3O[C@H](CO)[C@@H](O)[C@H](O)[C@H]3N)[C@@H]2O)[C@H](N)[C@@H](O)[C@@H]1O. The zero-order valence-electron chi connectivity index (χ0n) is 22.7. The van der Waals surface area contributed by atoms with Crippen LogP contribution in [0.1, 0.15) is 6.42 Å². The van der Waals surface area contributed by atoms with Crippen LogP contribution in [-0.2, 0) is 28.4 Å². The first-order valence-corrected chi connectivity index (χ1v) is 13.8. The van der Waals surface area contributed by atoms with E-state index in [1.807, 2.05) is 0 Å². The van der Waals surface area contributed by atoms with E-state index >= 15 is 0 Å². The molecule has 0 aromatic heterocycles. The van der Waals surface area contributed by atoms with Crippen LogP contribution >= 0.6 is 0 Å². The minimum absolute atomic E-state index is 0.0642. The fraction of sp³-hybridized carbons (Fsp3) is 1.00. The summed E-state index contributed by atoms with van der Waals surface area (Å²) in [5.41, 5.74) is 29.9. The van der Waals surface area contributed by atoms with Gasteiger partial charge in [0, 0.05) is 18.6 Å². The minimum atomic E-state index is -1.62. The molecule has 246 valence electrons. The molecule has 0 radical (unpaired) electrons. The summed E-state index contributed by atoms with van der Waals surface area (Å²) in [4.78, 5) is 0. The number of nitrogens with two attached hydrogens (primary N) is 5. The van der Waals surface area contributed by atoms with Crippen molar-refractivity contribution in [3.63, 3.8) is 0 Å². The van der Waals surface area contributed by atoms with Gasteiger partial charge in [-0.15, -0.1) is 0 Å². The molecule has 18 N–H and O–H groups in total. The van der Waals surface area contributed by atoms with Crippen molar-refractivity contribution in [1.82, 2.24) is 0 Å². The first-order chi connectivity index (χ1) is 19.8. The van der Waals surface area contributed by atoms with Gasteiger partial charge in [0.2, 0.25) is 0 Å². The molecule has 3 heterocycles. The third-order valence-electron chi connectivity index (χ3n) is 8.32. The number of rotatable bonds is 9. The van der Waals surface area contributed by atoms with Crippen molar-refractivity contribution < 1.29 is 69.3 Å². The summed E-state index contributed by atoms with van der Waals surface area (Å²) in [5.74, 6) is 0. The third-order valence-corrected chi connectivity index (χ3v) is 8.32. The van der Waals surface area contributed by atoms with Gasteiger partial charge in [-0.3, -0.25) is 0 Å². The molecule has 0 spiro atoms. The molecule has 19 atom stereocenters. The highest BCUT2D eigenvalue weighted by atomic mass is 16.8. The quantitative estimate of drug-likeness (QED) is 0.114. The maximum absolute atomic E-state index is 11.1. The molecular formula is C23H45N5O14. The molecule has 3 aliphatic heterocycles. The standard InChI is InChI=1S/C23H45N5O14/c24-2-7-13(32)15(34)10(27)21(37-7)41-19-9(4-30)39-23(17(19)36)42-20-12(31)5(25)1-6(26)18(20)40-22-11(28)16(35)14(33)8(3-29)38-22/h5-23,29-36H,1-4,24-28H2/t5-,6+,7+,8-,9-,10-,11-,12+,13-,14-,15-,16-,17-,18-,19-,20-,21-,22-,23?/m1/s1. The highest BCUT2D eigenvalue weighted by molar-refractivity contribution is 5.02. The maximum Gasteiger partial charge on any atom is 0.187 e. The molecule has 4 fully saturated rings. The van der Waals surface area contributed by atoms with Gasteiger partial charge in [-0.25, -0.2) is 0 Å². The smallest absolute Gasteiger partial charge is 0.187 e.